The van der Waals surface area contributed by atoms with Gasteiger partial charge in [-0.25, -0.2) is 0 Å². The molecule has 0 heterocycles. The largest absolute Gasteiger partial charge is 0.496 e. The molecule has 0 radical (unpaired) electrons. The highest BCUT2D eigenvalue weighted by molar-refractivity contribution is 5.49. The van der Waals surface area contributed by atoms with E-state index in [1.807, 2.05) is 12.1 Å². The zero-order valence-electron chi connectivity index (χ0n) is 12.1. The molecule has 0 bridgehead atoms. The number of hydroxylamine groups is 1. The van der Waals surface area contributed by atoms with Crippen LogP contribution in [0, 0.1) is 0 Å². The van der Waals surface area contributed by atoms with Crippen LogP contribution in [0.2, 0.25) is 0 Å². The quantitative estimate of drug-likeness (QED) is 0.819. The second-order valence-electron chi connectivity index (χ2n) is 5.14. The second-order valence-corrected chi connectivity index (χ2v) is 5.14. The zero-order valence-corrected chi connectivity index (χ0v) is 12.1. The SMILES string of the molecule is CONCc1cc(OC)c(C(C)(C)C)cc1OC. The average molecular weight is 253 g/mol. The summed E-state index contributed by atoms with van der Waals surface area (Å²) in [5.74, 6) is 1.71. The highest BCUT2D eigenvalue weighted by Crippen LogP contribution is 2.36. The third-order valence-corrected chi connectivity index (χ3v) is 2.82. The summed E-state index contributed by atoms with van der Waals surface area (Å²) < 4.78 is 10.9. The smallest absolute Gasteiger partial charge is 0.124 e. The van der Waals surface area contributed by atoms with Crippen LogP contribution in [0.1, 0.15) is 31.9 Å². The first-order valence-electron chi connectivity index (χ1n) is 5.95. The van der Waals surface area contributed by atoms with Crippen LogP contribution >= 0.6 is 0 Å². The number of rotatable bonds is 5. The topological polar surface area (TPSA) is 39.7 Å². The zero-order chi connectivity index (χ0) is 13.8. The summed E-state index contributed by atoms with van der Waals surface area (Å²) in [6.45, 7) is 7.02. The minimum absolute atomic E-state index is 0.00579. The van der Waals surface area contributed by atoms with Gasteiger partial charge in [0.1, 0.15) is 11.5 Å². The van der Waals surface area contributed by atoms with E-state index in [9.17, 15) is 0 Å². The van der Waals surface area contributed by atoms with Gasteiger partial charge in [-0.2, -0.15) is 5.48 Å². The molecule has 0 saturated carbocycles. The van der Waals surface area contributed by atoms with Gasteiger partial charge < -0.3 is 14.3 Å². The fourth-order valence-corrected chi connectivity index (χ4v) is 1.84. The van der Waals surface area contributed by atoms with Crippen molar-refractivity contribution < 1.29 is 14.3 Å². The Morgan fingerprint density at radius 1 is 1.00 bits per heavy atom. The molecule has 4 nitrogen and oxygen atoms in total. The van der Waals surface area contributed by atoms with Crippen LogP contribution in [0.15, 0.2) is 12.1 Å². The van der Waals surface area contributed by atoms with Crippen LogP contribution in [0.3, 0.4) is 0 Å². The molecular formula is C14H23NO3. The van der Waals surface area contributed by atoms with Crippen LogP contribution in [-0.4, -0.2) is 21.3 Å². The first-order chi connectivity index (χ1) is 8.43. The summed E-state index contributed by atoms with van der Waals surface area (Å²) in [6.07, 6.45) is 0. The fourth-order valence-electron chi connectivity index (χ4n) is 1.84. The Morgan fingerprint density at radius 3 is 2.06 bits per heavy atom. The van der Waals surface area contributed by atoms with E-state index in [-0.39, 0.29) is 5.41 Å². The van der Waals surface area contributed by atoms with E-state index in [4.69, 9.17) is 14.3 Å². The molecule has 0 amide bonds. The summed E-state index contributed by atoms with van der Waals surface area (Å²) in [5.41, 5.74) is 4.95. The Morgan fingerprint density at radius 2 is 1.61 bits per heavy atom. The average Bonchev–Trinajstić information content (AvgIpc) is 2.33. The van der Waals surface area contributed by atoms with Crippen LogP contribution < -0.4 is 15.0 Å². The van der Waals surface area contributed by atoms with E-state index >= 15 is 0 Å². The van der Waals surface area contributed by atoms with Gasteiger partial charge in [0, 0.05) is 17.7 Å². The Bertz CT molecular complexity index is 397. The molecule has 1 aromatic rings. The van der Waals surface area contributed by atoms with Gasteiger partial charge in [-0.1, -0.05) is 20.8 Å². The van der Waals surface area contributed by atoms with E-state index in [0.29, 0.717) is 6.54 Å². The molecular weight excluding hydrogens is 230 g/mol. The van der Waals surface area contributed by atoms with Crippen LogP contribution in [0.25, 0.3) is 0 Å². The molecule has 0 atom stereocenters. The summed E-state index contributed by atoms with van der Waals surface area (Å²) in [5, 5.41) is 0. The standard InChI is InChI=1S/C14H23NO3/c1-14(2,3)11-8-12(16-4)10(9-15-18-6)7-13(11)17-5/h7-8,15H,9H2,1-6H3. The van der Waals surface area contributed by atoms with E-state index in [0.717, 1.165) is 22.6 Å². The van der Waals surface area contributed by atoms with E-state index in [1.165, 1.54) is 0 Å². The third-order valence-electron chi connectivity index (χ3n) is 2.82. The predicted octanol–water partition coefficient (Wildman–Crippen LogP) is 2.65. The predicted molar refractivity (Wildman–Crippen MR) is 72.1 cm³/mol. The van der Waals surface area contributed by atoms with Crippen molar-refractivity contribution >= 4 is 0 Å². The molecule has 0 spiro atoms. The number of benzene rings is 1. The number of ether oxygens (including phenoxy) is 2. The molecule has 0 aliphatic rings. The van der Waals surface area contributed by atoms with Crippen molar-refractivity contribution in [2.45, 2.75) is 32.7 Å². The molecule has 0 aliphatic carbocycles. The van der Waals surface area contributed by atoms with E-state index in [2.05, 4.69) is 26.3 Å². The van der Waals surface area contributed by atoms with Gasteiger partial charge >= 0.3 is 0 Å². The van der Waals surface area contributed by atoms with Crippen molar-refractivity contribution in [2.24, 2.45) is 0 Å². The Balaban J connectivity index is 3.23. The van der Waals surface area contributed by atoms with Gasteiger partial charge in [-0.15, -0.1) is 0 Å². The van der Waals surface area contributed by atoms with E-state index in [1.54, 1.807) is 21.3 Å². The van der Waals surface area contributed by atoms with Crippen molar-refractivity contribution in [1.29, 1.82) is 0 Å². The summed E-state index contributed by atoms with van der Waals surface area (Å²) >= 11 is 0. The first-order valence-corrected chi connectivity index (χ1v) is 5.95. The normalized spacial score (nSPS) is 11.4. The number of nitrogens with one attached hydrogen (secondary N) is 1. The minimum atomic E-state index is 0.00579. The number of methoxy groups -OCH3 is 2. The Hall–Kier alpha value is -1.26. The molecule has 18 heavy (non-hydrogen) atoms. The van der Waals surface area contributed by atoms with Crippen molar-refractivity contribution in [3.8, 4) is 11.5 Å². The Kier molecular flexibility index (Phi) is 4.99. The lowest BCUT2D eigenvalue weighted by atomic mass is 9.85. The van der Waals surface area contributed by atoms with Crippen LogP contribution in [-0.2, 0) is 16.8 Å². The van der Waals surface area contributed by atoms with Gasteiger partial charge in [-0.3, -0.25) is 0 Å². The highest BCUT2D eigenvalue weighted by Gasteiger charge is 2.21. The molecule has 0 aromatic heterocycles. The molecule has 0 unspecified atom stereocenters. The summed E-state index contributed by atoms with van der Waals surface area (Å²) in [6, 6.07) is 4.02. The molecule has 1 aromatic carbocycles. The molecule has 0 aliphatic heterocycles. The molecule has 4 heteroatoms. The molecule has 102 valence electrons. The highest BCUT2D eigenvalue weighted by atomic mass is 16.6. The summed E-state index contributed by atoms with van der Waals surface area (Å²) in [4.78, 5) is 4.87. The number of hydrogen-bond acceptors (Lipinski definition) is 4. The Labute approximate surface area is 109 Å². The van der Waals surface area contributed by atoms with Gasteiger partial charge in [0.15, 0.2) is 0 Å². The van der Waals surface area contributed by atoms with Crippen molar-refractivity contribution in [1.82, 2.24) is 5.48 Å². The van der Waals surface area contributed by atoms with Crippen molar-refractivity contribution in [3.63, 3.8) is 0 Å². The third kappa shape index (κ3) is 3.37. The van der Waals surface area contributed by atoms with Crippen LogP contribution in [0.4, 0.5) is 0 Å². The molecule has 1 N–H and O–H groups in total. The molecule has 0 saturated heterocycles. The van der Waals surface area contributed by atoms with Crippen molar-refractivity contribution in [2.75, 3.05) is 21.3 Å². The maximum atomic E-state index is 5.47. The first kappa shape index (κ1) is 14.8. The number of hydrogen-bond donors (Lipinski definition) is 1. The minimum Gasteiger partial charge on any atom is -0.496 e. The van der Waals surface area contributed by atoms with Gasteiger partial charge in [-0.05, 0) is 17.5 Å². The van der Waals surface area contributed by atoms with Crippen molar-refractivity contribution in [3.05, 3.63) is 23.3 Å². The molecule has 0 fully saturated rings. The molecule has 1 rings (SSSR count). The lowest BCUT2D eigenvalue weighted by Gasteiger charge is -2.24. The fraction of sp³-hybridized carbons (Fsp3) is 0.571. The monoisotopic (exact) mass is 253 g/mol. The maximum Gasteiger partial charge on any atom is 0.124 e. The summed E-state index contributed by atoms with van der Waals surface area (Å²) in [7, 11) is 4.95. The van der Waals surface area contributed by atoms with Gasteiger partial charge in [0.05, 0.1) is 21.3 Å². The lowest BCUT2D eigenvalue weighted by molar-refractivity contribution is 0.0860. The second kappa shape index (κ2) is 6.07. The lowest BCUT2D eigenvalue weighted by Crippen LogP contribution is -2.16. The van der Waals surface area contributed by atoms with E-state index < -0.39 is 0 Å². The van der Waals surface area contributed by atoms with Gasteiger partial charge in [0.25, 0.3) is 0 Å². The van der Waals surface area contributed by atoms with Gasteiger partial charge in [0.2, 0.25) is 0 Å². The maximum absolute atomic E-state index is 5.47. The van der Waals surface area contributed by atoms with Crippen LogP contribution in [0.5, 0.6) is 11.5 Å².